The van der Waals surface area contributed by atoms with Gasteiger partial charge >= 0.3 is 0 Å². The third-order valence-electron chi connectivity index (χ3n) is 5.93. The molecule has 1 amide bonds. The Morgan fingerprint density at radius 3 is 2.29 bits per heavy atom. The van der Waals surface area contributed by atoms with Gasteiger partial charge in [0.15, 0.2) is 15.8 Å². The Labute approximate surface area is 203 Å². The summed E-state index contributed by atoms with van der Waals surface area (Å²) in [6.45, 7) is 7.91. The van der Waals surface area contributed by atoms with Gasteiger partial charge in [-0.05, 0) is 26.0 Å². The number of aliphatic imine (C=N–C) groups is 1. The van der Waals surface area contributed by atoms with Crippen LogP contribution in [0.25, 0.3) is 0 Å². The minimum atomic E-state index is -3.10. The van der Waals surface area contributed by atoms with Gasteiger partial charge in [-0.1, -0.05) is 18.2 Å². The zero-order valence-corrected chi connectivity index (χ0v) is 21.7. The summed E-state index contributed by atoms with van der Waals surface area (Å²) in [6.07, 6.45) is 0.389. The first-order chi connectivity index (χ1) is 14.2. The first kappa shape index (κ1) is 25.7. The van der Waals surface area contributed by atoms with Crippen molar-refractivity contribution in [2.24, 2.45) is 4.99 Å². The van der Waals surface area contributed by atoms with Crippen LogP contribution in [0.4, 0.5) is 5.69 Å². The van der Waals surface area contributed by atoms with Crippen LogP contribution < -0.4 is 10.2 Å². The smallest absolute Gasteiger partial charge is 0.224 e. The highest BCUT2D eigenvalue weighted by molar-refractivity contribution is 14.0. The highest BCUT2D eigenvalue weighted by Crippen LogP contribution is 2.23. The average Bonchev–Trinajstić information content (AvgIpc) is 2.74. The fourth-order valence-electron chi connectivity index (χ4n) is 3.95. The minimum absolute atomic E-state index is 0. The van der Waals surface area contributed by atoms with Gasteiger partial charge < -0.3 is 20.0 Å². The number of hydrogen-bond donors (Lipinski definition) is 1. The number of amides is 1. The summed E-state index contributed by atoms with van der Waals surface area (Å²) in [5.74, 6) is 0.901. The second kappa shape index (κ2) is 10.8. The van der Waals surface area contributed by atoms with Gasteiger partial charge in [-0.25, -0.2) is 8.42 Å². The number of nitrogens with zero attached hydrogens (tertiary/aromatic N) is 4. The van der Waals surface area contributed by atoms with Gasteiger partial charge in [-0.3, -0.25) is 9.79 Å². The second-order valence-electron chi connectivity index (χ2n) is 8.43. The van der Waals surface area contributed by atoms with Crippen molar-refractivity contribution in [1.82, 2.24) is 15.1 Å². The maximum Gasteiger partial charge on any atom is 0.224 e. The first-order valence-corrected chi connectivity index (χ1v) is 12.1. The summed E-state index contributed by atoms with van der Waals surface area (Å²) in [4.78, 5) is 23.1. The Balaban J connectivity index is 0.00000341. The fourth-order valence-corrected chi connectivity index (χ4v) is 5.31. The van der Waals surface area contributed by atoms with E-state index in [0.29, 0.717) is 32.0 Å². The number of halogens is 1. The molecule has 0 aliphatic carbocycles. The van der Waals surface area contributed by atoms with Crippen LogP contribution in [0.1, 0.15) is 20.3 Å². The van der Waals surface area contributed by atoms with Crippen LogP contribution in [0, 0.1) is 0 Å². The van der Waals surface area contributed by atoms with Gasteiger partial charge in [0.2, 0.25) is 5.91 Å². The molecule has 2 aliphatic heterocycles. The summed E-state index contributed by atoms with van der Waals surface area (Å²) in [6, 6.07) is 10.3. The van der Waals surface area contributed by atoms with Gasteiger partial charge in [0, 0.05) is 65.0 Å². The topological polar surface area (TPSA) is 85.3 Å². The van der Waals surface area contributed by atoms with Crippen LogP contribution in [0.15, 0.2) is 35.3 Å². The van der Waals surface area contributed by atoms with Gasteiger partial charge in [0.25, 0.3) is 0 Å². The van der Waals surface area contributed by atoms with Crippen LogP contribution in [-0.2, 0) is 14.6 Å². The lowest BCUT2D eigenvalue weighted by Gasteiger charge is -2.39. The number of guanidine groups is 1. The lowest BCUT2D eigenvalue weighted by atomic mass is 10.2. The van der Waals surface area contributed by atoms with E-state index in [1.54, 1.807) is 20.9 Å². The molecule has 0 spiro atoms. The van der Waals surface area contributed by atoms with E-state index >= 15 is 0 Å². The van der Waals surface area contributed by atoms with Gasteiger partial charge in [-0.15, -0.1) is 24.0 Å². The van der Waals surface area contributed by atoms with Crippen molar-refractivity contribution < 1.29 is 13.2 Å². The highest BCUT2D eigenvalue weighted by atomic mass is 127. The lowest BCUT2D eigenvalue weighted by Crippen LogP contribution is -2.57. The number of para-hydroxylation sites is 1. The standard InChI is InChI=1S/C21H33N5O3S.HI/c1-21(2)17-26(15-16-30(21,28)29)20(22-3)23-10-9-19(27)25-13-11-24(12-14-25)18-7-5-4-6-8-18;/h4-8H,9-17H2,1-3H3,(H,22,23);1H. The summed E-state index contributed by atoms with van der Waals surface area (Å²) in [5, 5.41) is 3.23. The van der Waals surface area contributed by atoms with Crippen molar-refractivity contribution in [2.75, 3.05) is 63.5 Å². The van der Waals surface area contributed by atoms with Crippen LogP contribution in [0.3, 0.4) is 0 Å². The van der Waals surface area contributed by atoms with E-state index < -0.39 is 14.6 Å². The number of carbonyl (C=O) groups excluding carboxylic acids is 1. The quantitative estimate of drug-likeness (QED) is 0.339. The monoisotopic (exact) mass is 563 g/mol. The molecule has 2 fully saturated rings. The number of nitrogens with one attached hydrogen (secondary N) is 1. The van der Waals surface area contributed by atoms with Crippen LogP contribution >= 0.6 is 24.0 Å². The molecule has 2 saturated heterocycles. The Kier molecular flexibility index (Phi) is 8.99. The van der Waals surface area contributed by atoms with Gasteiger partial charge in [0.05, 0.1) is 10.5 Å². The Bertz CT molecular complexity index is 868. The largest absolute Gasteiger partial charge is 0.368 e. The minimum Gasteiger partial charge on any atom is -0.368 e. The number of hydrogen-bond acceptors (Lipinski definition) is 5. The molecule has 2 aliphatic rings. The van der Waals surface area contributed by atoms with Crippen molar-refractivity contribution >= 4 is 51.4 Å². The number of sulfone groups is 1. The molecule has 2 heterocycles. The molecule has 0 aromatic heterocycles. The third-order valence-corrected chi connectivity index (χ3v) is 8.46. The summed E-state index contributed by atoms with van der Waals surface area (Å²) in [5.41, 5.74) is 1.20. The number of rotatable bonds is 4. The molecular formula is C21H34IN5O3S. The van der Waals surface area contributed by atoms with Gasteiger partial charge in [-0.2, -0.15) is 0 Å². The number of carbonyl (C=O) groups is 1. The molecule has 174 valence electrons. The van der Waals surface area contributed by atoms with E-state index in [2.05, 4.69) is 27.3 Å². The average molecular weight is 564 g/mol. The van der Waals surface area contributed by atoms with Crippen molar-refractivity contribution in [1.29, 1.82) is 0 Å². The Morgan fingerprint density at radius 1 is 1.06 bits per heavy atom. The van der Waals surface area contributed by atoms with Crippen LogP contribution in [0.5, 0.6) is 0 Å². The predicted octanol–water partition coefficient (Wildman–Crippen LogP) is 1.43. The zero-order chi connectivity index (χ0) is 21.8. The molecule has 10 heteroatoms. The first-order valence-electron chi connectivity index (χ1n) is 10.5. The molecule has 1 aromatic carbocycles. The predicted molar refractivity (Wildman–Crippen MR) is 136 cm³/mol. The van der Waals surface area contributed by atoms with Crippen molar-refractivity contribution in [3.63, 3.8) is 0 Å². The molecule has 0 bridgehead atoms. The Morgan fingerprint density at radius 2 is 1.71 bits per heavy atom. The van der Waals surface area contributed by atoms with E-state index in [9.17, 15) is 13.2 Å². The maximum atomic E-state index is 12.6. The summed E-state index contributed by atoms with van der Waals surface area (Å²) >= 11 is 0. The SMILES string of the molecule is CN=C(NCCC(=O)N1CCN(c2ccccc2)CC1)N1CCS(=O)(=O)C(C)(C)C1.I. The van der Waals surface area contributed by atoms with Gasteiger partial charge in [0.1, 0.15) is 0 Å². The van der Waals surface area contributed by atoms with Crippen molar-refractivity contribution in [2.45, 2.75) is 25.0 Å². The Hall–Kier alpha value is -1.56. The van der Waals surface area contributed by atoms with E-state index in [1.807, 2.05) is 28.0 Å². The van der Waals surface area contributed by atoms with E-state index in [4.69, 9.17) is 0 Å². The van der Waals surface area contributed by atoms with E-state index in [1.165, 1.54) is 5.69 Å². The van der Waals surface area contributed by atoms with Crippen LogP contribution in [0.2, 0.25) is 0 Å². The maximum absolute atomic E-state index is 12.6. The highest BCUT2D eigenvalue weighted by Gasteiger charge is 2.40. The molecule has 0 radical (unpaired) electrons. The normalized spacial score (nSPS) is 20.7. The summed E-state index contributed by atoms with van der Waals surface area (Å²) < 4.78 is 23.6. The molecule has 1 aromatic rings. The fraction of sp³-hybridized carbons (Fsp3) is 0.619. The molecule has 0 unspecified atom stereocenters. The summed E-state index contributed by atoms with van der Waals surface area (Å²) in [7, 11) is -1.41. The second-order valence-corrected chi connectivity index (χ2v) is 11.2. The number of anilines is 1. The van der Waals surface area contributed by atoms with Crippen molar-refractivity contribution in [3.8, 4) is 0 Å². The lowest BCUT2D eigenvalue weighted by molar-refractivity contribution is -0.131. The number of piperazine rings is 1. The molecule has 1 N–H and O–H groups in total. The van der Waals surface area contributed by atoms with E-state index in [-0.39, 0.29) is 35.6 Å². The molecule has 0 saturated carbocycles. The van der Waals surface area contributed by atoms with Crippen molar-refractivity contribution in [3.05, 3.63) is 30.3 Å². The molecule has 31 heavy (non-hydrogen) atoms. The molecule has 8 nitrogen and oxygen atoms in total. The number of benzene rings is 1. The molecular weight excluding hydrogens is 529 g/mol. The molecule has 0 atom stereocenters. The van der Waals surface area contributed by atoms with E-state index in [0.717, 1.165) is 26.2 Å². The third kappa shape index (κ3) is 6.24. The van der Waals surface area contributed by atoms with Crippen LogP contribution in [-0.4, -0.2) is 93.4 Å². The zero-order valence-electron chi connectivity index (χ0n) is 18.6. The molecule has 3 rings (SSSR count).